The lowest BCUT2D eigenvalue weighted by atomic mass is 9.98. The fourth-order valence-electron chi connectivity index (χ4n) is 2.42. The van der Waals surface area contributed by atoms with E-state index in [1.807, 2.05) is 18.5 Å². The van der Waals surface area contributed by atoms with Crippen molar-refractivity contribution in [3.05, 3.63) is 24.0 Å². The van der Waals surface area contributed by atoms with Crippen LogP contribution in [0.15, 0.2) is 18.5 Å². The first-order chi connectivity index (χ1) is 8.90. The fraction of sp³-hybridized carbons (Fsp3) is 0.667. The van der Waals surface area contributed by atoms with Gasteiger partial charge in [0.25, 0.3) is 0 Å². The Hall–Kier alpha value is -1.09. The zero-order chi connectivity index (χ0) is 12.6. The second-order valence-corrected chi connectivity index (χ2v) is 5.04. The van der Waals surface area contributed by atoms with Crippen LogP contribution in [-0.2, 0) is 6.54 Å². The van der Waals surface area contributed by atoms with Crippen LogP contribution in [0.4, 0.5) is 0 Å². The molecule has 1 saturated carbocycles. The molecule has 0 saturated heterocycles. The van der Waals surface area contributed by atoms with Gasteiger partial charge in [-0.05, 0) is 44.7 Å². The van der Waals surface area contributed by atoms with Crippen LogP contribution in [0.1, 0.15) is 51.0 Å². The molecule has 0 aromatic carbocycles. The van der Waals surface area contributed by atoms with Gasteiger partial charge in [-0.15, -0.1) is 0 Å². The van der Waals surface area contributed by atoms with E-state index in [1.54, 1.807) is 0 Å². The van der Waals surface area contributed by atoms with Crippen molar-refractivity contribution in [1.82, 2.24) is 10.3 Å². The van der Waals surface area contributed by atoms with Gasteiger partial charge in [-0.1, -0.05) is 13.3 Å². The van der Waals surface area contributed by atoms with Crippen molar-refractivity contribution in [3.8, 4) is 5.75 Å². The van der Waals surface area contributed by atoms with Crippen molar-refractivity contribution in [2.45, 2.75) is 58.1 Å². The average Bonchev–Trinajstić information content (AvgIpc) is 2.42. The number of nitrogens with one attached hydrogen (secondary N) is 1. The first-order valence-corrected chi connectivity index (χ1v) is 7.20. The number of pyridine rings is 1. The molecule has 1 aliphatic carbocycles. The summed E-state index contributed by atoms with van der Waals surface area (Å²) in [6.45, 7) is 4.07. The molecule has 0 unspecified atom stereocenters. The van der Waals surface area contributed by atoms with Crippen LogP contribution in [0.5, 0.6) is 5.75 Å². The first kappa shape index (κ1) is 13.3. The lowest BCUT2D eigenvalue weighted by molar-refractivity contribution is 0.153. The lowest BCUT2D eigenvalue weighted by Crippen LogP contribution is -2.21. The van der Waals surface area contributed by atoms with Crippen LogP contribution < -0.4 is 10.1 Å². The monoisotopic (exact) mass is 248 g/mol. The third kappa shape index (κ3) is 3.98. The van der Waals surface area contributed by atoms with Crippen LogP contribution in [-0.4, -0.2) is 17.6 Å². The van der Waals surface area contributed by atoms with Crippen molar-refractivity contribution < 1.29 is 4.74 Å². The third-order valence-corrected chi connectivity index (χ3v) is 3.45. The Morgan fingerprint density at radius 2 is 2.17 bits per heavy atom. The quantitative estimate of drug-likeness (QED) is 0.784. The Labute approximate surface area is 110 Å². The SMILES string of the molecule is CCCNCc1cnccc1OC1CCCCC1. The topological polar surface area (TPSA) is 34.2 Å². The van der Waals surface area contributed by atoms with Crippen LogP contribution in [0.2, 0.25) is 0 Å². The van der Waals surface area contributed by atoms with Gasteiger partial charge in [-0.25, -0.2) is 0 Å². The average molecular weight is 248 g/mol. The maximum absolute atomic E-state index is 6.14. The minimum absolute atomic E-state index is 0.408. The van der Waals surface area contributed by atoms with Crippen LogP contribution in [0.25, 0.3) is 0 Å². The molecule has 1 aromatic rings. The molecule has 0 amide bonds. The molecule has 2 rings (SSSR count). The lowest BCUT2D eigenvalue weighted by Gasteiger charge is -2.24. The maximum atomic E-state index is 6.14. The summed E-state index contributed by atoms with van der Waals surface area (Å²) in [6.07, 6.45) is 11.7. The summed E-state index contributed by atoms with van der Waals surface area (Å²) >= 11 is 0. The summed E-state index contributed by atoms with van der Waals surface area (Å²) in [4.78, 5) is 4.20. The zero-order valence-electron chi connectivity index (χ0n) is 11.3. The second-order valence-electron chi connectivity index (χ2n) is 5.04. The highest BCUT2D eigenvalue weighted by molar-refractivity contribution is 5.30. The molecule has 0 bridgehead atoms. The van der Waals surface area contributed by atoms with Gasteiger partial charge in [0.1, 0.15) is 5.75 Å². The van der Waals surface area contributed by atoms with E-state index in [-0.39, 0.29) is 0 Å². The Morgan fingerprint density at radius 1 is 1.33 bits per heavy atom. The van der Waals surface area contributed by atoms with Crippen LogP contribution in [0, 0.1) is 0 Å². The summed E-state index contributed by atoms with van der Waals surface area (Å²) in [7, 11) is 0. The molecule has 1 heterocycles. The molecule has 0 aliphatic heterocycles. The number of hydrogen-bond acceptors (Lipinski definition) is 3. The van der Waals surface area contributed by atoms with E-state index in [1.165, 1.54) is 37.7 Å². The van der Waals surface area contributed by atoms with E-state index in [0.717, 1.165) is 25.3 Å². The van der Waals surface area contributed by atoms with Crippen molar-refractivity contribution >= 4 is 0 Å². The molecule has 1 fully saturated rings. The molecule has 100 valence electrons. The highest BCUT2D eigenvalue weighted by atomic mass is 16.5. The van der Waals surface area contributed by atoms with Gasteiger partial charge in [-0.2, -0.15) is 0 Å². The molecule has 1 aromatic heterocycles. The Bertz CT molecular complexity index is 348. The molecule has 0 atom stereocenters. The number of aromatic nitrogens is 1. The minimum Gasteiger partial charge on any atom is -0.490 e. The van der Waals surface area contributed by atoms with Gasteiger partial charge < -0.3 is 10.1 Å². The number of ether oxygens (including phenoxy) is 1. The zero-order valence-corrected chi connectivity index (χ0v) is 11.3. The summed E-state index contributed by atoms with van der Waals surface area (Å²) in [5.74, 6) is 1.01. The van der Waals surface area contributed by atoms with Gasteiger partial charge in [0.05, 0.1) is 6.10 Å². The van der Waals surface area contributed by atoms with Crippen molar-refractivity contribution in [3.63, 3.8) is 0 Å². The Kier molecular flexibility index (Phi) is 5.46. The second kappa shape index (κ2) is 7.37. The predicted molar refractivity (Wildman–Crippen MR) is 73.7 cm³/mol. The Morgan fingerprint density at radius 3 is 2.94 bits per heavy atom. The molecule has 3 heteroatoms. The number of hydrogen-bond donors (Lipinski definition) is 1. The fourth-order valence-corrected chi connectivity index (χ4v) is 2.42. The molecule has 0 radical (unpaired) electrons. The van der Waals surface area contributed by atoms with E-state index in [9.17, 15) is 0 Å². The van der Waals surface area contributed by atoms with Crippen LogP contribution >= 0.6 is 0 Å². The van der Waals surface area contributed by atoms with Crippen LogP contribution in [0.3, 0.4) is 0 Å². The smallest absolute Gasteiger partial charge is 0.127 e. The van der Waals surface area contributed by atoms with Crippen molar-refractivity contribution in [2.75, 3.05) is 6.54 Å². The van der Waals surface area contributed by atoms with Gasteiger partial charge in [0.2, 0.25) is 0 Å². The van der Waals surface area contributed by atoms with Gasteiger partial charge in [0.15, 0.2) is 0 Å². The standard InChI is InChI=1S/C15H24N2O/c1-2-9-16-11-13-12-17-10-8-15(13)18-14-6-4-3-5-7-14/h8,10,12,14,16H,2-7,9,11H2,1H3. The highest BCUT2D eigenvalue weighted by Gasteiger charge is 2.16. The molecule has 18 heavy (non-hydrogen) atoms. The molecule has 1 N–H and O–H groups in total. The Balaban J connectivity index is 1.93. The van der Waals surface area contributed by atoms with E-state index >= 15 is 0 Å². The van der Waals surface area contributed by atoms with E-state index < -0.39 is 0 Å². The molecular formula is C15H24N2O. The normalized spacial score (nSPS) is 16.7. The van der Waals surface area contributed by atoms with Crippen molar-refractivity contribution in [1.29, 1.82) is 0 Å². The minimum atomic E-state index is 0.408. The molecule has 0 spiro atoms. The molecule has 3 nitrogen and oxygen atoms in total. The van der Waals surface area contributed by atoms with Gasteiger partial charge >= 0.3 is 0 Å². The molecular weight excluding hydrogens is 224 g/mol. The van der Waals surface area contributed by atoms with E-state index in [4.69, 9.17) is 4.74 Å². The van der Waals surface area contributed by atoms with Gasteiger partial charge in [-0.3, -0.25) is 4.98 Å². The highest BCUT2D eigenvalue weighted by Crippen LogP contribution is 2.25. The van der Waals surface area contributed by atoms with Crippen molar-refractivity contribution in [2.24, 2.45) is 0 Å². The predicted octanol–water partition coefficient (Wildman–Crippen LogP) is 3.29. The third-order valence-electron chi connectivity index (χ3n) is 3.45. The number of nitrogens with zero attached hydrogens (tertiary/aromatic N) is 1. The van der Waals surface area contributed by atoms with E-state index in [2.05, 4.69) is 17.2 Å². The number of rotatable bonds is 6. The summed E-state index contributed by atoms with van der Waals surface area (Å²) in [5.41, 5.74) is 1.18. The van der Waals surface area contributed by atoms with E-state index in [0.29, 0.717) is 6.10 Å². The largest absolute Gasteiger partial charge is 0.490 e. The molecule has 1 aliphatic rings. The summed E-state index contributed by atoms with van der Waals surface area (Å²) in [6, 6.07) is 2.00. The van der Waals surface area contributed by atoms with Gasteiger partial charge in [0, 0.05) is 24.5 Å². The first-order valence-electron chi connectivity index (χ1n) is 7.20. The summed E-state index contributed by atoms with van der Waals surface area (Å²) < 4.78 is 6.14. The summed E-state index contributed by atoms with van der Waals surface area (Å²) in [5, 5.41) is 3.41. The maximum Gasteiger partial charge on any atom is 0.127 e.